The maximum Gasteiger partial charge on any atom is 0.315 e. The topological polar surface area (TPSA) is 83.6 Å². The van der Waals surface area contributed by atoms with Crippen molar-refractivity contribution in [2.45, 2.75) is 6.92 Å². The van der Waals surface area contributed by atoms with E-state index >= 15 is 0 Å². The Balaban J connectivity index is 1.68. The second-order valence-electron chi connectivity index (χ2n) is 5.75. The summed E-state index contributed by atoms with van der Waals surface area (Å²) in [6.45, 7) is 4.66. The number of carbonyl (C=O) groups is 2. The van der Waals surface area contributed by atoms with E-state index in [0.717, 1.165) is 24.3 Å². The number of para-hydroxylation sites is 2. The maximum atomic E-state index is 12.2. The zero-order valence-electron chi connectivity index (χ0n) is 14.0. The maximum absolute atomic E-state index is 12.2. The summed E-state index contributed by atoms with van der Waals surface area (Å²) < 4.78 is 5.36. The van der Waals surface area contributed by atoms with Gasteiger partial charge >= 0.3 is 11.8 Å². The second-order valence-corrected chi connectivity index (χ2v) is 5.75. The number of aromatic nitrogens is 1. The van der Waals surface area contributed by atoms with Crippen molar-refractivity contribution < 1.29 is 14.3 Å². The third-order valence-corrected chi connectivity index (χ3v) is 3.86. The molecule has 7 heteroatoms. The van der Waals surface area contributed by atoms with Crippen LogP contribution in [0, 0.1) is 6.92 Å². The van der Waals surface area contributed by atoms with E-state index in [1.807, 2.05) is 31.2 Å². The molecule has 0 atom stereocenters. The molecule has 0 saturated carbocycles. The largest absolute Gasteiger partial charge is 0.378 e. The van der Waals surface area contributed by atoms with E-state index in [2.05, 4.69) is 20.5 Å². The summed E-state index contributed by atoms with van der Waals surface area (Å²) in [7, 11) is 0. The van der Waals surface area contributed by atoms with Gasteiger partial charge in [0.25, 0.3) is 0 Å². The summed E-state index contributed by atoms with van der Waals surface area (Å²) in [5.74, 6) is -1.15. The van der Waals surface area contributed by atoms with Gasteiger partial charge in [0, 0.05) is 19.3 Å². The Kier molecular flexibility index (Phi) is 5.25. The minimum atomic E-state index is -0.756. The number of nitrogens with zero attached hydrogens (tertiary/aromatic N) is 2. The Bertz CT molecular complexity index is 755. The van der Waals surface area contributed by atoms with Gasteiger partial charge in [-0.05, 0) is 30.7 Å². The predicted molar refractivity (Wildman–Crippen MR) is 95.7 cm³/mol. The fraction of sp³-hybridized carbons (Fsp3) is 0.278. The summed E-state index contributed by atoms with van der Waals surface area (Å²) in [5, 5.41) is 5.17. The average molecular weight is 340 g/mol. The van der Waals surface area contributed by atoms with E-state index in [4.69, 9.17) is 4.74 Å². The Morgan fingerprint density at radius 1 is 1.04 bits per heavy atom. The van der Waals surface area contributed by atoms with Crippen LogP contribution in [0.3, 0.4) is 0 Å². The standard InChI is InChI=1S/C18H20N4O3/c1-13-6-7-16(19-12-13)21-18(24)17(23)20-14-4-2-3-5-15(14)22-8-10-25-11-9-22/h2-7,12H,8-11H2,1H3,(H,20,23)(H,19,21,24). The number of hydrogen-bond donors (Lipinski definition) is 2. The number of amides is 2. The van der Waals surface area contributed by atoms with Crippen LogP contribution in [0.1, 0.15) is 5.56 Å². The molecule has 2 aromatic rings. The Hall–Kier alpha value is -2.93. The number of aryl methyl sites for hydroxylation is 1. The molecule has 2 amide bonds. The third-order valence-electron chi connectivity index (χ3n) is 3.86. The summed E-state index contributed by atoms with van der Waals surface area (Å²) >= 11 is 0. The van der Waals surface area contributed by atoms with Gasteiger partial charge in [-0.15, -0.1) is 0 Å². The van der Waals surface area contributed by atoms with Crippen LogP contribution in [-0.2, 0) is 14.3 Å². The molecule has 7 nitrogen and oxygen atoms in total. The number of benzene rings is 1. The van der Waals surface area contributed by atoms with Gasteiger partial charge < -0.3 is 20.3 Å². The number of nitrogens with one attached hydrogen (secondary N) is 2. The molecule has 2 heterocycles. The molecule has 0 radical (unpaired) electrons. The zero-order chi connectivity index (χ0) is 17.6. The van der Waals surface area contributed by atoms with Crippen molar-refractivity contribution in [1.82, 2.24) is 4.98 Å². The SMILES string of the molecule is Cc1ccc(NC(=O)C(=O)Nc2ccccc2N2CCOCC2)nc1. The molecule has 130 valence electrons. The number of rotatable bonds is 3. The zero-order valence-corrected chi connectivity index (χ0v) is 14.0. The molecule has 1 aromatic heterocycles. The van der Waals surface area contributed by atoms with E-state index in [9.17, 15) is 9.59 Å². The average Bonchev–Trinajstić information content (AvgIpc) is 2.64. The second kappa shape index (κ2) is 7.76. The molecule has 0 bridgehead atoms. The lowest BCUT2D eigenvalue weighted by atomic mass is 10.2. The summed E-state index contributed by atoms with van der Waals surface area (Å²) in [5.41, 5.74) is 2.45. The van der Waals surface area contributed by atoms with Gasteiger partial charge in [0.2, 0.25) is 0 Å². The van der Waals surface area contributed by atoms with Crippen molar-refractivity contribution >= 4 is 29.0 Å². The molecular weight excluding hydrogens is 320 g/mol. The van der Waals surface area contributed by atoms with Crippen LogP contribution in [0.15, 0.2) is 42.6 Å². The minimum absolute atomic E-state index is 0.340. The summed E-state index contributed by atoms with van der Waals surface area (Å²) in [4.78, 5) is 30.5. The van der Waals surface area contributed by atoms with E-state index in [1.165, 1.54) is 0 Å². The normalized spacial score (nSPS) is 14.0. The van der Waals surface area contributed by atoms with Crippen LogP contribution in [0.5, 0.6) is 0 Å². The first kappa shape index (κ1) is 16.9. The molecule has 1 aliphatic rings. The molecule has 0 spiro atoms. The monoisotopic (exact) mass is 340 g/mol. The van der Waals surface area contributed by atoms with Crippen LogP contribution in [0.25, 0.3) is 0 Å². The van der Waals surface area contributed by atoms with Crippen LogP contribution in [0.2, 0.25) is 0 Å². The van der Waals surface area contributed by atoms with E-state index in [0.29, 0.717) is 24.7 Å². The molecule has 25 heavy (non-hydrogen) atoms. The molecule has 0 aliphatic carbocycles. The molecule has 1 saturated heterocycles. The lowest BCUT2D eigenvalue weighted by Gasteiger charge is -2.30. The predicted octanol–water partition coefficient (Wildman–Crippen LogP) is 1.80. The fourth-order valence-electron chi connectivity index (χ4n) is 2.55. The number of carbonyl (C=O) groups excluding carboxylic acids is 2. The number of ether oxygens (including phenoxy) is 1. The highest BCUT2D eigenvalue weighted by atomic mass is 16.5. The van der Waals surface area contributed by atoms with Crippen molar-refractivity contribution in [3.8, 4) is 0 Å². The van der Waals surface area contributed by atoms with Gasteiger partial charge in [-0.3, -0.25) is 9.59 Å². The van der Waals surface area contributed by atoms with E-state index < -0.39 is 11.8 Å². The Labute approximate surface area is 146 Å². The van der Waals surface area contributed by atoms with Gasteiger partial charge in [0.1, 0.15) is 5.82 Å². The lowest BCUT2D eigenvalue weighted by molar-refractivity contribution is -0.133. The molecule has 1 fully saturated rings. The Morgan fingerprint density at radius 3 is 2.48 bits per heavy atom. The number of hydrogen-bond acceptors (Lipinski definition) is 5. The number of anilines is 3. The van der Waals surface area contributed by atoms with Crippen molar-refractivity contribution in [2.75, 3.05) is 41.8 Å². The fourth-order valence-corrected chi connectivity index (χ4v) is 2.55. The molecule has 3 rings (SSSR count). The highest BCUT2D eigenvalue weighted by Crippen LogP contribution is 2.26. The quantitative estimate of drug-likeness (QED) is 0.833. The van der Waals surface area contributed by atoms with Gasteiger partial charge in [-0.25, -0.2) is 4.98 Å². The molecule has 1 aliphatic heterocycles. The summed E-state index contributed by atoms with van der Waals surface area (Å²) in [6, 6.07) is 10.9. The molecular formula is C18H20N4O3. The van der Waals surface area contributed by atoms with Gasteiger partial charge in [-0.2, -0.15) is 0 Å². The van der Waals surface area contributed by atoms with E-state index in [-0.39, 0.29) is 0 Å². The van der Waals surface area contributed by atoms with Crippen molar-refractivity contribution in [3.63, 3.8) is 0 Å². The molecule has 2 N–H and O–H groups in total. The lowest BCUT2D eigenvalue weighted by Crippen LogP contribution is -2.37. The van der Waals surface area contributed by atoms with Crippen LogP contribution in [0.4, 0.5) is 17.2 Å². The van der Waals surface area contributed by atoms with Gasteiger partial charge in [0.05, 0.1) is 24.6 Å². The first-order chi connectivity index (χ1) is 12.1. The van der Waals surface area contributed by atoms with Crippen LogP contribution in [-0.4, -0.2) is 43.1 Å². The van der Waals surface area contributed by atoms with Crippen molar-refractivity contribution in [1.29, 1.82) is 0 Å². The highest BCUT2D eigenvalue weighted by molar-refractivity contribution is 6.43. The summed E-state index contributed by atoms with van der Waals surface area (Å²) in [6.07, 6.45) is 1.63. The van der Waals surface area contributed by atoms with Crippen LogP contribution >= 0.6 is 0 Å². The smallest absolute Gasteiger partial charge is 0.315 e. The van der Waals surface area contributed by atoms with Crippen molar-refractivity contribution in [3.05, 3.63) is 48.2 Å². The number of morpholine rings is 1. The van der Waals surface area contributed by atoms with Crippen molar-refractivity contribution in [2.24, 2.45) is 0 Å². The first-order valence-corrected chi connectivity index (χ1v) is 8.10. The molecule has 0 unspecified atom stereocenters. The van der Waals surface area contributed by atoms with Crippen LogP contribution < -0.4 is 15.5 Å². The molecule has 1 aromatic carbocycles. The number of pyridine rings is 1. The minimum Gasteiger partial charge on any atom is -0.378 e. The van der Waals surface area contributed by atoms with Gasteiger partial charge in [0.15, 0.2) is 0 Å². The Morgan fingerprint density at radius 2 is 1.76 bits per heavy atom. The third kappa shape index (κ3) is 4.33. The van der Waals surface area contributed by atoms with Gasteiger partial charge in [-0.1, -0.05) is 18.2 Å². The van der Waals surface area contributed by atoms with E-state index in [1.54, 1.807) is 18.3 Å². The first-order valence-electron chi connectivity index (χ1n) is 8.10. The highest BCUT2D eigenvalue weighted by Gasteiger charge is 2.19.